The topological polar surface area (TPSA) is 20.2 Å². The van der Waals surface area contributed by atoms with E-state index in [-0.39, 0.29) is 5.02 Å². The summed E-state index contributed by atoms with van der Waals surface area (Å²) < 4.78 is 41.4. The Hall–Kier alpha value is -0.310. The van der Waals surface area contributed by atoms with Crippen molar-refractivity contribution in [3.05, 3.63) is 33.6 Å². The molecule has 12 heavy (non-hydrogen) atoms. The van der Waals surface area contributed by atoms with Crippen LogP contribution >= 0.6 is 23.2 Å². The third kappa shape index (κ3) is 1.71. The highest BCUT2D eigenvalue weighted by atomic mass is 35.5. The van der Waals surface area contributed by atoms with Crippen molar-refractivity contribution in [2.75, 3.05) is 0 Å². The minimum atomic E-state index is -3.09. The van der Waals surface area contributed by atoms with Crippen LogP contribution in [0.5, 0.6) is 0 Å². The number of rotatable bonds is 1. The standard InChI is InChI=1S/C8H7Cl2FO/c1-4(12)7-5(9)2-3-6(11)8(7)10/h2-4,12H,1H3/i1D3,4D. The van der Waals surface area contributed by atoms with E-state index in [2.05, 4.69) is 0 Å². The van der Waals surface area contributed by atoms with Crippen molar-refractivity contribution in [1.29, 1.82) is 0 Å². The number of halogens is 3. The highest BCUT2D eigenvalue weighted by Crippen LogP contribution is 2.31. The van der Waals surface area contributed by atoms with Gasteiger partial charge in [-0.05, 0) is 19.0 Å². The Morgan fingerprint density at radius 1 is 1.67 bits per heavy atom. The molecule has 1 aromatic rings. The first-order valence-electron chi connectivity index (χ1n) is 4.95. The van der Waals surface area contributed by atoms with Gasteiger partial charge in [-0.2, -0.15) is 0 Å². The lowest BCUT2D eigenvalue weighted by Gasteiger charge is -2.09. The molecule has 0 amide bonds. The zero-order chi connectivity index (χ0) is 12.7. The molecule has 0 heterocycles. The average Bonchev–Trinajstić information content (AvgIpc) is 2.10. The minimum absolute atomic E-state index is 0.278. The first-order valence-corrected chi connectivity index (χ1v) is 3.71. The van der Waals surface area contributed by atoms with E-state index in [0.717, 1.165) is 12.1 Å². The van der Waals surface area contributed by atoms with Crippen LogP contribution < -0.4 is 0 Å². The summed E-state index contributed by atoms with van der Waals surface area (Å²) in [6, 6.07) is 1.95. The molecule has 0 aliphatic carbocycles. The molecule has 0 saturated heterocycles. The van der Waals surface area contributed by atoms with Gasteiger partial charge in [0.25, 0.3) is 0 Å². The molecule has 4 heteroatoms. The van der Waals surface area contributed by atoms with E-state index < -0.39 is 29.3 Å². The van der Waals surface area contributed by atoms with Crippen molar-refractivity contribution in [3.8, 4) is 0 Å². The first kappa shape index (κ1) is 5.43. The zero-order valence-corrected chi connectivity index (χ0v) is 7.25. The van der Waals surface area contributed by atoms with Crippen LogP contribution in [0.4, 0.5) is 4.39 Å². The van der Waals surface area contributed by atoms with Gasteiger partial charge in [-0.3, -0.25) is 0 Å². The second-order valence-electron chi connectivity index (χ2n) is 2.07. The summed E-state index contributed by atoms with van der Waals surface area (Å²) in [6.45, 7) is -3.09. The van der Waals surface area contributed by atoms with E-state index in [4.69, 9.17) is 28.7 Å². The minimum Gasteiger partial charge on any atom is -0.389 e. The van der Waals surface area contributed by atoms with E-state index >= 15 is 0 Å². The van der Waals surface area contributed by atoms with Gasteiger partial charge in [-0.25, -0.2) is 4.39 Å². The Bertz CT molecular complexity index is 419. The predicted molar refractivity (Wildman–Crippen MR) is 47.1 cm³/mol. The maximum Gasteiger partial charge on any atom is 0.142 e. The molecule has 0 aliphatic heterocycles. The molecule has 1 N–H and O–H groups in total. The third-order valence-electron chi connectivity index (χ3n) is 1.28. The molecular formula is C8H7Cl2FO. The SMILES string of the molecule is [2H]C([2H])([2H])C([2H])(O)c1c(Cl)ccc(F)c1Cl. The molecule has 1 aromatic carbocycles. The van der Waals surface area contributed by atoms with E-state index in [1.54, 1.807) is 0 Å². The maximum atomic E-state index is 13.1. The van der Waals surface area contributed by atoms with E-state index in [1.165, 1.54) is 0 Å². The van der Waals surface area contributed by atoms with Gasteiger partial charge >= 0.3 is 0 Å². The van der Waals surface area contributed by atoms with Crippen LogP contribution in [0.2, 0.25) is 10.0 Å². The van der Waals surface area contributed by atoms with Crippen molar-refractivity contribution in [1.82, 2.24) is 0 Å². The van der Waals surface area contributed by atoms with Crippen LogP contribution in [0.15, 0.2) is 12.1 Å². The van der Waals surface area contributed by atoms with Crippen molar-refractivity contribution in [2.24, 2.45) is 0 Å². The second kappa shape index (κ2) is 3.60. The van der Waals surface area contributed by atoms with E-state index in [1.807, 2.05) is 0 Å². The van der Waals surface area contributed by atoms with Crippen molar-refractivity contribution in [3.63, 3.8) is 0 Å². The molecule has 0 aliphatic rings. The van der Waals surface area contributed by atoms with Gasteiger partial charge in [0.1, 0.15) is 5.82 Å². The fourth-order valence-corrected chi connectivity index (χ4v) is 1.29. The van der Waals surface area contributed by atoms with Crippen LogP contribution in [0, 0.1) is 5.82 Å². The lowest BCUT2D eigenvalue weighted by Crippen LogP contribution is -1.95. The van der Waals surface area contributed by atoms with Crippen molar-refractivity contribution >= 4 is 23.2 Å². The Morgan fingerprint density at radius 3 is 2.92 bits per heavy atom. The Balaban J connectivity index is 3.50. The number of aliphatic hydroxyl groups is 1. The molecule has 0 fully saturated rings. The van der Waals surface area contributed by atoms with Gasteiger partial charge in [0.15, 0.2) is 0 Å². The molecule has 66 valence electrons. The highest BCUT2D eigenvalue weighted by molar-refractivity contribution is 6.36. The van der Waals surface area contributed by atoms with Gasteiger partial charge < -0.3 is 5.11 Å². The van der Waals surface area contributed by atoms with Crippen LogP contribution in [0.25, 0.3) is 0 Å². The molecule has 0 radical (unpaired) electrons. The first-order chi connectivity index (χ1) is 7.09. The summed E-state index contributed by atoms with van der Waals surface area (Å²) >= 11 is 11.1. The fourth-order valence-electron chi connectivity index (χ4n) is 0.744. The maximum absolute atomic E-state index is 13.1. The quantitative estimate of drug-likeness (QED) is 0.710. The molecule has 1 rings (SSSR count). The monoisotopic (exact) mass is 212 g/mol. The molecule has 0 spiro atoms. The summed E-state index contributed by atoms with van der Waals surface area (Å²) in [5.41, 5.74) is -0.657. The zero-order valence-electron chi connectivity index (χ0n) is 9.74. The summed E-state index contributed by atoms with van der Waals surface area (Å²) in [6.07, 6.45) is -3.05. The number of benzene rings is 1. The molecule has 0 aromatic heterocycles. The van der Waals surface area contributed by atoms with Crippen LogP contribution in [-0.2, 0) is 0 Å². The third-order valence-corrected chi connectivity index (χ3v) is 1.97. The van der Waals surface area contributed by atoms with E-state index in [0.29, 0.717) is 0 Å². The number of hydrogen-bond donors (Lipinski definition) is 1. The van der Waals surface area contributed by atoms with Gasteiger partial charge in [0, 0.05) is 14.7 Å². The van der Waals surface area contributed by atoms with Gasteiger partial charge in [-0.1, -0.05) is 23.2 Å². The van der Waals surface area contributed by atoms with Gasteiger partial charge in [0.05, 0.1) is 12.5 Å². The lowest BCUT2D eigenvalue weighted by atomic mass is 10.1. The normalized spacial score (nSPS) is 21.7. The fraction of sp³-hybridized carbons (Fsp3) is 0.250. The number of hydrogen-bond acceptors (Lipinski definition) is 1. The van der Waals surface area contributed by atoms with Gasteiger partial charge in [0.2, 0.25) is 0 Å². The van der Waals surface area contributed by atoms with Crippen molar-refractivity contribution < 1.29 is 15.0 Å². The van der Waals surface area contributed by atoms with E-state index in [9.17, 15) is 9.50 Å². The second-order valence-corrected chi connectivity index (χ2v) is 2.85. The van der Waals surface area contributed by atoms with Crippen LogP contribution in [0.1, 0.15) is 24.0 Å². The smallest absolute Gasteiger partial charge is 0.142 e. The lowest BCUT2D eigenvalue weighted by molar-refractivity contribution is 0.199. The molecule has 1 atom stereocenters. The summed E-state index contributed by atoms with van der Waals surface area (Å²) in [4.78, 5) is 0. The Labute approximate surface area is 85.3 Å². The Kier molecular flexibility index (Phi) is 1.63. The predicted octanol–water partition coefficient (Wildman–Crippen LogP) is 3.19. The average molecular weight is 213 g/mol. The molecule has 0 saturated carbocycles. The molecule has 0 bridgehead atoms. The van der Waals surface area contributed by atoms with Crippen LogP contribution in [0.3, 0.4) is 0 Å². The summed E-state index contributed by atoms with van der Waals surface area (Å²) in [5, 5.41) is 8.63. The van der Waals surface area contributed by atoms with Gasteiger partial charge in [-0.15, -0.1) is 0 Å². The van der Waals surface area contributed by atoms with Crippen LogP contribution in [-0.4, -0.2) is 5.11 Å². The molecule has 1 nitrogen and oxygen atoms in total. The highest BCUT2D eigenvalue weighted by Gasteiger charge is 2.14. The largest absolute Gasteiger partial charge is 0.389 e. The molecule has 1 unspecified atom stereocenters. The Morgan fingerprint density at radius 2 is 2.33 bits per heavy atom. The van der Waals surface area contributed by atoms with Crippen molar-refractivity contribution in [2.45, 2.75) is 12.9 Å². The molecular weight excluding hydrogens is 202 g/mol. The summed E-state index contributed by atoms with van der Waals surface area (Å²) in [7, 11) is 0. The summed E-state index contributed by atoms with van der Waals surface area (Å²) in [5.74, 6) is -0.948.